The third-order valence-electron chi connectivity index (χ3n) is 5.76. The number of nitrogens with zero attached hydrogens (tertiary/aromatic N) is 4. The Labute approximate surface area is 212 Å². The molecule has 0 aliphatic rings. The van der Waals surface area contributed by atoms with Crippen LogP contribution in [0.15, 0.2) is 54.9 Å². The summed E-state index contributed by atoms with van der Waals surface area (Å²) in [5.41, 5.74) is 10.0. The number of nitrogens with one attached hydrogen (secondary N) is 1. The maximum Gasteiger partial charge on any atom is 0.368 e. The summed E-state index contributed by atoms with van der Waals surface area (Å²) in [6.07, 6.45) is 0.860. The Morgan fingerprint density at radius 1 is 1.19 bits per heavy atom. The van der Waals surface area contributed by atoms with Gasteiger partial charge in [0, 0.05) is 24.1 Å². The molecule has 6 N–H and O–H groups in total. The molecule has 1 atom stereocenters. The molecule has 1 unspecified atom stereocenters. The van der Waals surface area contributed by atoms with Crippen LogP contribution < -0.4 is 11.1 Å². The molecule has 192 valence electrons. The Hall–Kier alpha value is -3.53. The van der Waals surface area contributed by atoms with E-state index in [1.165, 1.54) is 6.33 Å². The van der Waals surface area contributed by atoms with Crippen LogP contribution in [-0.2, 0) is 9.13 Å². The zero-order valence-corrected chi connectivity index (χ0v) is 21.4. The summed E-state index contributed by atoms with van der Waals surface area (Å²) in [5, 5.41) is 15.1. The van der Waals surface area contributed by atoms with Crippen LogP contribution in [0.25, 0.3) is 28.0 Å². The van der Waals surface area contributed by atoms with Crippen molar-refractivity contribution in [2.45, 2.75) is 24.8 Å². The van der Waals surface area contributed by atoms with Crippen molar-refractivity contribution >= 4 is 38.8 Å². The topological polar surface area (TPSA) is 194 Å². The molecule has 2 aromatic heterocycles. The van der Waals surface area contributed by atoms with Crippen molar-refractivity contribution in [2.24, 2.45) is 0 Å². The van der Waals surface area contributed by atoms with E-state index in [9.17, 15) is 28.8 Å². The minimum absolute atomic E-state index is 0.00702. The minimum atomic E-state index is -5.01. The number of nitrogens with two attached hydrogens (primary N) is 1. The number of aliphatic hydroxyl groups is 1. The molecule has 0 aliphatic heterocycles. The van der Waals surface area contributed by atoms with E-state index in [1.54, 1.807) is 28.9 Å². The minimum Gasteiger partial charge on any atom is -0.383 e. The number of hydrogen-bond donors (Lipinski definition) is 5. The van der Waals surface area contributed by atoms with Gasteiger partial charge in [0.15, 0.2) is 5.65 Å². The fourth-order valence-corrected chi connectivity index (χ4v) is 4.85. The standard InChI is InChI=1S/C23H24N6O6P2/c1-14-6-8-15(9-7-14)19-18-20(24)26-13-27-21(18)29(28-19)17-5-2-4-16(12-17)22(30)25-11-3-10-23(31,36-32)37(33,34)35/h2,4-9,12-13,31H,3,10-11H2,1H3,(H,25,30)(H2,24,26,27)(H2,33,34,35). The molecule has 0 spiro atoms. The van der Waals surface area contributed by atoms with Gasteiger partial charge >= 0.3 is 7.60 Å². The van der Waals surface area contributed by atoms with Crippen molar-refractivity contribution in [2.75, 3.05) is 12.3 Å². The van der Waals surface area contributed by atoms with Crippen molar-refractivity contribution in [3.05, 3.63) is 66.0 Å². The molecule has 0 fully saturated rings. The summed E-state index contributed by atoms with van der Waals surface area (Å²) in [4.78, 5) is 39.6. The van der Waals surface area contributed by atoms with Crippen molar-refractivity contribution in [3.8, 4) is 16.9 Å². The number of carbonyl (C=O) groups is 1. The fraction of sp³-hybridized carbons (Fsp3) is 0.217. The first-order valence-corrected chi connectivity index (χ1v) is 13.5. The van der Waals surface area contributed by atoms with Gasteiger partial charge in [0.05, 0.1) is 11.1 Å². The molecule has 0 bridgehead atoms. The van der Waals surface area contributed by atoms with Gasteiger partial charge in [0.25, 0.3) is 5.91 Å². The molecule has 0 saturated carbocycles. The van der Waals surface area contributed by atoms with E-state index in [-0.39, 0.29) is 18.8 Å². The quantitative estimate of drug-likeness (QED) is 0.155. The van der Waals surface area contributed by atoms with E-state index in [4.69, 9.17) is 10.8 Å². The lowest BCUT2D eigenvalue weighted by molar-refractivity contribution is 0.0949. The summed E-state index contributed by atoms with van der Waals surface area (Å²) in [6.45, 7) is 1.97. The van der Waals surface area contributed by atoms with Crippen LogP contribution in [-0.4, -0.2) is 52.2 Å². The third kappa shape index (κ3) is 5.44. The number of carbonyl (C=O) groups excluding carboxylic acids is 1. The molecule has 0 aliphatic carbocycles. The molecule has 2 heterocycles. The second-order valence-electron chi connectivity index (χ2n) is 8.40. The molecule has 1 amide bonds. The first kappa shape index (κ1) is 26.5. The second kappa shape index (κ2) is 10.5. The number of hydrogen-bond acceptors (Lipinski definition) is 8. The van der Waals surface area contributed by atoms with Crippen LogP contribution in [0.3, 0.4) is 0 Å². The zero-order chi connectivity index (χ0) is 26.8. The summed E-state index contributed by atoms with van der Waals surface area (Å²) in [7, 11) is -6.09. The molecule has 4 aromatic rings. The average Bonchev–Trinajstić information content (AvgIpc) is 3.27. The number of benzene rings is 2. The Kier molecular flexibility index (Phi) is 7.49. The molecule has 2 aromatic carbocycles. The van der Waals surface area contributed by atoms with Gasteiger partial charge in [-0.2, -0.15) is 5.10 Å². The molecule has 0 saturated heterocycles. The van der Waals surface area contributed by atoms with Crippen molar-refractivity contribution in [3.63, 3.8) is 0 Å². The van der Waals surface area contributed by atoms with Crippen LogP contribution in [0.1, 0.15) is 28.8 Å². The molecule has 14 heteroatoms. The maximum atomic E-state index is 12.7. The van der Waals surface area contributed by atoms with E-state index in [0.29, 0.717) is 28.0 Å². The Morgan fingerprint density at radius 2 is 1.92 bits per heavy atom. The van der Waals surface area contributed by atoms with Gasteiger partial charge < -0.3 is 25.9 Å². The number of anilines is 1. The third-order valence-corrected chi connectivity index (χ3v) is 8.46. The number of rotatable bonds is 9. The summed E-state index contributed by atoms with van der Waals surface area (Å²) < 4.78 is 24.0. The Morgan fingerprint density at radius 3 is 2.59 bits per heavy atom. The molecular weight excluding hydrogens is 518 g/mol. The highest BCUT2D eigenvalue weighted by atomic mass is 31.2. The number of aryl methyl sites for hydroxylation is 1. The molecule has 37 heavy (non-hydrogen) atoms. The van der Waals surface area contributed by atoms with E-state index in [0.717, 1.165) is 11.1 Å². The average molecular weight is 542 g/mol. The lowest BCUT2D eigenvalue weighted by atomic mass is 10.1. The monoisotopic (exact) mass is 542 g/mol. The highest BCUT2D eigenvalue weighted by Crippen LogP contribution is 2.57. The second-order valence-corrected chi connectivity index (χ2v) is 11.5. The highest BCUT2D eigenvalue weighted by Gasteiger charge is 2.46. The largest absolute Gasteiger partial charge is 0.383 e. The normalized spacial score (nSPS) is 13.5. The molecular formula is C23H24N6O6P2. The van der Waals surface area contributed by atoms with Gasteiger partial charge in [-0.25, -0.2) is 14.6 Å². The van der Waals surface area contributed by atoms with Gasteiger partial charge in [-0.1, -0.05) is 35.9 Å². The van der Waals surface area contributed by atoms with E-state index in [1.807, 2.05) is 31.2 Å². The number of nitrogen functional groups attached to an aromatic ring is 1. The first-order valence-electron chi connectivity index (χ1n) is 11.1. The number of aromatic nitrogens is 4. The van der Waals surface area contributed by atoms with Crippen molar-refractivity contribution < 1.29 is 28.8 Å². The Bertz CT molecular complexity index is 1520. The van der Waals surface area contributed by atoms with Crippen LogP contribution in [0.2, 0.25) is 0 Å². The van der Waals surface area contributed by atoms with Gasteiger partial charge in [-0.15, -0.1) is 0 Å². The fourth-order valence-electron chi connectivity index (χ4n) is 3.72. The van der Waals surface area contributed by atoms with E-state index >= 15 is 0 Å². The van der Waals surface area contributed by atoms with Gasteiger partial charge in [0.2, 0.25) is 13.5 Å². The molecule has 12 nitrogen and oxygen atoms in total. The smallest absolute Gasteiger partial charge is 0.368 e. The molecule has 4 rings (SSSR count). The SMILES string of the molecule is Cc1ccc(-c2nn(-c3cccc(C(=O)NCCCC(O)(P=O)P(=O)(O)O)c3)c3ncnc(N)c23)cc1. The lowest BCUT2D eigenvalue weighted by Crippen LogP contribution is -2.27. The maximum absolute atomic E-state index is 12.7. The summed E-state index contributed by atoms with van der Waals surface area (Å²) in [5.74, 6) is -0.181. The predicted octanol–water partition coefficient (Wildman–Crippen LogP) is 3.00. The van der Waals surface area contributed by atoms with E-state index < -0.39 is 33.5 Å². The highest BCUT2D eigenvalue weighted by molar-refractivity contribution is 7.63. The summed E-state index contributed by atoms with van der Waals surface area (Å²) in [6, 6.07) is 14.4. The predicted molar refractivity (Wildman–Crippen MR) is 137 cm³/mol. The Balaban J connectivity index is 1.58. The number of fused-ring (bicyclic) bond motifs is 1. The van der Waals surface area contributed by atoms with E-state index in [2.05, 4.69) is 15.3 Å². The van der Waals surface area contributed by atoms with Gasteiger partial charge in [0.1, 0.15) is 17.8 Å². The molecule has 0 radical (unpaired) electrons. The van der Waals surface area contributed by atoms with Crippen LogP contribution in [0.4, 0.5) is 5.82 Å². The van der Waals surface area contributed by atoms with Gasteiger partial charge in [-0.3, -0.25) is 13.9 Å². The zero-order valence-electron chi connectivity index (χ0n) is 19.6. The lowest BCUT2D eigenvalue weighted by Gasteiger charge is -2.21. The first-order chi connectivity index (χ1) is 17.5. The summed E-state index contributed by atoms with van der Waals surface area (Å²) >= 11 is 0. The van der Waals surface area contributed by atoms with Gasteiger partial charge in [-0.05, 0) is 31.5 Å². The van der Waals surface area contributed by atoms with Crippen molar-refractivity contribution in [1.29, 1.82) is 0 Å². The van der Waals surface area contributed by atoms with Crippen LogP contribution in [0.5, 0.6) is 0 Å². The van der Waals surface area contributed by atoms with Crippen molar-refractivity contribution in [1.82, 2.24) is 25.1 Å². The van der Waals surface area contributed by atoms with Crippen LogP contribution >= 0.6 is 16.1 Å². The number of amides is 1. The van der Waals surface area contributed by atoms with Crippen LogP contribution in [0, 0.1) is 6.92 Å².